The highest BCUT2D eigenvalue weighted by Gasteiger charge is 2.13. The molecule has 0 saturated heterocycles. The maximum Gasteiger partial charge on any atom is 0.158 e. The van der Waals surface area contributed by atoms with Crippen LogP contribution in [0.4, 0.5) is 0 Å². The van der Waals surface area contributed by atoms with Crippen LogP contribution in [0, 0.1) is 13.8 Å². The van der Waals surface area contributed by atoms with Crippen LogP contribution in [0.3, 0.4) is 0 Å². The van der Waals surface area contributed by atoms with E-state index in [4.69, 9.17) is 0 Å². The number of hydrogen-bond acceptors (Lipinski definition) is 3. The minimum absolute atomic E-state index is 0.801. The van der Waals surface area contributed by atoms with Crippen LogP contribution in [0.1, 0.15) is 36.6 Å². The summed E-state index contributed by atoms with van der Waals surface area (Å²) in [5.74, 6) is 1.65. The summed E-state index contributed by atoms with van der Waals surface area (Å²) in [6.07, 6.45) is 1.80. The molecule has 0 aliphatic rings. The van der Waals surface area contributed by atoms with Crippen molar-refractivity contribution >= 4 is 15.9 Å². The molecule has 0 unspecified atom stereocenters. The number of rotatable bonds is 3. The number of nitrogens with zero attached hydrogens (tertiary/aromatic N) is 4. The summed E-state index contributed by atoms with van der Waals surface area (Å²) >= 11 is 3.43. The highest BCUT2D eigenvalue weighted by Crippen LogP contribution is 2.19. The van der Waals surface area contributed by atoms with E-state index in [0.29, 0.717) is 0 Å². The van der Waals surface area contributed by atoms with Crippen LogP contribution in [0.2, 0.25) is 0 Å². The second kappa shape index (κ2) is 5.18. The standard InChI is InChI=1S/C13H17BrN4/c1-5-10-8(3)17-18(9(10)4)13-7-11(14)15-12(6-2)16-13/h7H,5-6H2,1-4H3. The molecule has 0 N–H and O–H groups in total. The summed E-state index contributed by atoms with van der Waals surface area (Å²) in [5.41, 5.74) is 3.52. The Balaban J connectivity index is 2.58. The lowest BCUT2D eigenvalue weighted by Crippen LogP contribution is -2.06. The van der Waals surface area contributed by atoms with E-state index in [1.807, 2.05) is 24.6 Å². The predicted molar refractivity (Wildman–Crippen MR) is 75.1 cm³/mol. The van der Waals surface area contributed by atoms with Crippen LogP contribution in [0.5, 0.6) is 0 Å². The van der Waals surface area contributed by atoms with Crippen molar-refractivity contribution in [3.05, 3.63) is 33.4 Å². The molecular formula is C13H17BrN4. The zero-order valence-electron chi connectivity index (χ0n) is 11.2. The van der Waals surface area contributed by atoms with Gasteiger partial charge in [0, 0.05) is 18.2 Å². The van der Waals surface area contributed by atoms with Crippen molar-refractivity contribution in [2.24, 2.45) is 0 Å². The third kappa shape index (κ3) is 2.32. The van der Waals surface area contributed by atoms with Crippen LogP contribution in [0.25, 0.3) is 5.82 Å². The third-order valence-corrected chi connectivity index (χ3v) is 3.46. The summed E-state index contributed by atoms with van der Waals surface area (Å²) < 4.78 is 2.70. The number of halogens is 1. The van der Waals surface area contributed by atoms with E-state index < -0.39 is 0 Å². The second-order valence-electron chi connectivity index (χ2n) is 4.23. The molecule has 2 rings (SSSR count). The Morgan fingerprint density at radius 3 is 2.44 bits per heavy atom. The van der Waals surface area contributed by atoms with Gasteiger partial charge < -0.3 is 0 Å². The van der Waals surface area contributed by atoms with E-state index in [2.05, 4.69) is 44.8 Å². The smallest absolute Gasteiger partial charge is 0.158 e. The average molecular weight is 309 g/mol. The summed E-state index contributed by atoms with van der Waals surface area (Å²) in [6.45, 7) is 8.32. The van der Waals surface area contributed by atoms with Gasteiger partial charge in [0.2, 0.25) is 0 Å². The first-order chi connectivity index (χ1) is 8.56. The molecule has 0 amide bonds. The van der Waals surface area contributed by atoms with Gasteiger partial charge in [0.25, 0.3) is 0 Å². The lowest BCUT2D eigenvalue weighted by molar-refractivity contribution is 0.779. The van der Waals surface area contributed by atoms with Crippen molar-refractivity contribution in [2.75, 3.05) is 0 Å². The van der Waals surface area contributed by atoms with Crippen molar-refractivity contribution in [3.8, 4) is 5.82 Å². The van der Waals surface area contributed by atoms with Crippen LogP contribution >= 0.6 is 15.9 Å². The zero-order chi connectivity index (χ0) is 13.3. The van der Waals surface area contributed by atoms with Gasteiger partial charge in [-0.2, -0.15) is 5.10 Å². The zero-order valence-corrected chi connectivity index (χ0v) is 12.7. The van der Waals surface area contributed by atoms with Crippen molar-refractivity contribution in [3.63, 3.8) is 0 Å². The molecule has 0 aliphatic carbocycles. The van der Waals surface area contributed by atoms with Gasteiger partial charge in [-0.05, 0) is 41.8 Å². The molecule has 4 nitrogen and oxygen atoms in total. The molecule has 0 bridgehead atoms. The van der Waals surface area contributed by atoms with Crippen molar-refractivity contribution in [1.82, 2.24) is 19.7 Å². The Hall–Kier alpha value is -1.23. The van der Waals surface area contributed by atoms with Crippen LogP contribution in [0.15, 0.2) is 10.7 Å². The summed E-state index contributed by atoms with van der Waals surface area (Å²) in [4.78, 5) is 8.85. The fraction of sp³-hybridized carbons (Fsp3) is 0.462. The van der Waals surface area contributed by atoms with Gasteiger partial charge >= 0.3 is 0 Å². The highest BCUT2D eigenvalue weighted by atomic mass is 79.9. The fourth-order valence-corrected chi connectivity index (χ4v) is 2.54. The van der Waals surface area contributed by atoms with Crippen molar-refractivity contribution in [1.29, 1.82) is 0 Å². The second-order valence-corrected chi connectivity index (χ2v) is 5.05. The molecular weight excluding hydrogens is 292 g/mol. The molecule has 18 heavy (non-hydrogen) atoms. The molecule has 2 aromatic heterocycles. The van der Waals surface area contributed by atoms with Crippen molar-refractivity contribution < 1.29 is 0 Å². The predicted octanol–water partition coefficient (Wildman–Crippen LogP) is 3.17. The summed E-state index contributed by atoms with van der Waals surface area (Å²) in [6, 6.07) is 1.90. The molecule has 2 heterocycles. The largest absolute Gasteiger partial charge is 0.226 e. The van der Waals surface area contributed by atoms with Crippen LogP contribution in [-0.4, -0.2) is 19.7 Å². The highest BCUT2D eigenvalue weighted by molar-refractivity contribution is 9.10. The maximum absolute atomic E-state index is 4.57. The van der Waals surface area contributed by atoms with Crippen LogP contribution in [-0.2, 0) is 12.8 Å². The molecule has 5 heteroatoms. The molecule has 0 fully saturated rings. The molecule has 0 radical (unpaired) electrons. The molecule has 96 valence electrons. The van der Waals surface area contributed by atoms with Crippen LogP contribution < -0.4 is 0 Å². The first kappa shape index (κ1) is 13.2. The van der Waals surface area contributed by atoms with Crippen molar-refractivity contribution in [2.45, 2.75) is 40.5 Å². The molecule has 0 saturated carbocycles. The molecule has 0 aromatic carbocycles. The first-order valence-corrected chi connectivity index (χ1v) is 6.95. The van der Waals surface area contributed by atoms with E-state index in [0.717, 1.165) is 40.5 Å². The third-order valence-electron chi connectivity index (χ3n) is 3.06. The topological polar surface area (TPSA) is 43.6 Å². The Morgan fingerprint density at radius 1 is 1.17 bits per heavy atom. The average Bonchev–Trinajstić information content (AvgIpc) is 2.63. The summed E-state index contributed by atoms with van der Waals surface area (Å²) in [7, 11) is 0. The first-order valence-electron chi connectivity index (χ1n) is 6.15. The fourth-order valence-electron chi connectivity index (χ4n) is 2.13. The minimum atomic E-state index is 0.801. The maximum atomic E-state index is 4.57. The number of aromatic nitrogens is 4. The SMILES string of the molecule is CCc1nc(Br)cc(-n2nc(C)c(CC)c2C)n1. The van der Waals surface area contributed by atoms with E-state index in [1.54, 1.807) is 0 Å². The summed E-state index contributed by atoms with van der Waals surface area (Å²) in [5, 5.41) is 4.57. The number of hydrogen-bond donors (Lipinski definition) is 0. The lowest BCUT2D eigenvalue weighted by Gasteiger charge is -2.06. The van der Waals surface area contributed by atoms with E-state index in [-0.39, 0.29) is 0 Å². The van der Waals surface area contributed by atoms with Gasteiger partial charge in [-0.1, -0.05) is 13.8 Å². The van der Waals surface area contributed by atoms with E-state index >= 15 is 0 Å². The molecule has 0 aliphatic heterocycles. The Morgan fingerprint density at radius 2 is 1.89 bits per heavy atom. The Bertz CT molecular complexity index is 575. The van der Waals surface area contributed by atoms with E-state index in [1.165, 1.54) is 5.56 Å². The Kier molecular flexibility index (Phi) is 3.80. The normalized spacial score (nSPS) is 10.9. The van der Waals surface area contributed by atoms with Gasteiger partial charge in [-0.15, -0.1) is 0 Å². The van der Waals surface area contributed by atoms with E-state index in [9.17, 15) is 0 Å². The van der Waals surface area contributed by atoms with Gasteiger partial charge in [-0.25, -0.2) is 14.6 Å². The monoisotopic (exact) mass is 308 g/mol. The van der Waals surface area contributed by atoms with Gasteiger partial charge in [-0.3, -0.25) is 0 Å². The minimum Gasteiger partial charge on any atom is -0.226 e. The Labute approximate surface area is 116 Å². The number of aryl methyl sites for hydroxylation is 2. The quantitative estimate of drug-likeness (QED) is 0.818. The molecule has 0 atom stereocenters. The molecule has 0 spiro atoms. The molecule has 2 aromatic rings. The van der Waals surface area contributed by atoms with Gasteiger partial charge in [0.15, 0.2) is 5.82 Å². The van der Waals surface area contributed by atoms with Gasteiger partial charge in [0.05, 0.1) is 5.69 Å². The lowest BCUT2D eigenvalue weighted by atomic mass is 10.1. The van der Waals surface area contributed by atoms with Gasteiger partial charge in [0.1, 0.15) is 10.4 Å².